The Kier molecular flexibility index (Phi) is 10.7. The highest BCUT2D eigenvalue weighted by Gasteiger charge is 2.24. The molecule has 0 spiro atoms. The third-order valence-electron chi connectivity index (χ3n) is 5.87. The highest BCUT2D eigenvalue weighted by atomic mass is 35.5. The number of phenols is 1. The summed E-state index contributed by atoms with van der Waals surface area (Å²) in [5.74, 6) is 0.265. The fraction of sp³-hybridized carbons (Fsp3) is 0.174. The van der Waals surface area contributed by atoms with Gasteiger partial charge in [0.15, 0.2) is 0 Å². The smallest absolute Gasteiger partial charge is 0.296 e. The summed E-state index contributed by atoms with van der Waals surface area (Å²) in [5.41, 5.74) is 3.98. The van der Waals surface area contributed by atoms with E-state index in [0.717, 1.165) is 18.2 Å². The minimum atomic E-state index is -5.08. The maximum atomic E-state index is 12.3. The van der Waals surface area contributed by atoms with Crippen LogP contribution in [0.1, 0.15) is 0 Å². The predicted molar refractivity (Wildman–Crippen MR) is 171 cm³/mol. The largest absolute Gasteiger partial charge is 0.507 e. The van der Waals surface area contributed by atoms with Crippen LogP contribution < -0.4 is 16.4 Å². The zero-order chi connectivity index (χ0) is 34.7. The maximum absolute atomic E-state index is 12.3. The van der Waals surface area contributed by atoms with Gasteiger partial charge >= 0.3 is 0 Å². The number of aliphatic hydroxyl groups excluding tert-OH is 1. The van der Waals surface area contributed by atoms with Crippen LogP contribution in [0.4, 0.5) is 34.6 Å². The first kappa shape index (κ1) is 35.9. The highest BCUT2D eigenvalue weighted by Crippen LogP contribution is 2.44. The van der Waals surface area contributed by atoms with Gasteiger partial charge in [-0.2, -0.15) is 52.0 Å². The lowest BCUT2D eigenvalue weighted by Crippen LogP contribution is -2.10. The molecule has 1 heterocycles. The predicted octanol–water partition coefficient (Wildman–Crippen LogP) is 3.00. The molecule has 0 aliphatic carbocycles. The zero-order valence-electron chi connectivity index (χ0n) is 23.3. The number of nitrogens with one attached hydrogen (secondary N) is 2. The number of aromatic hydroxyl groups is 1. The van der Waals surface area contributed by atoms with Crippen LogP contribution in [0.2, 0.25) is 5.28 Å². The molecule has 19 nitrogen and oxygen atoms in total. The number of benzene rings is 3. The molecule has 0 radical (unpaired) electrons. The van der Waals surface area contributed by atoms with Gasteiger partial charge in [0.1, 0.15) is 26.9 Å². The van der Waals surface area contributed by atoms with E-state index in [9.17, 15) is 44.0 Å². The molecule has 0 saturated carbocycles. The van der Waals surface area contributed by atoms with Crippen LogP contribution in [0.15, 0.2) is 61.3 Å². The first-order valence-electron chi connectivity index (χ1n) is 12.6. The van der Waals surface area contributed by atoms with Crippen molar-refractivity contribution < 1.29 is 49.1 Å². The molecule has 1 aromatic heterocycles. The van der Waals surface area contributed by atoms with E-state index in [-0.39, 0.29) is 40.2 Å². The van der Waals surface area contributed by atoms with Crippen molar-refractivity contribution in [2.45, 2.75) is 14.7 Å². The van der Waals surface area contributed by atoms with E-state index in [0.29, 0.717) is 30.2 Å². The Labute approximate surface area is 275 Å². The summed E-state index contributed by atoms with van der Waals surface area (Å²) in [5, 5.41) is 31.6. The van der Waals surface area contributed by atoms with Crippen molar-refractivity contribution >= 4 is 99.1 Å². The monoisotopic (exact) mass is 750 g/mol. The van der Waals surface area contributed by atoms with Crippen molar-refractivity contribution in [1.82, 2.24) is 15.0 Å². The molecule has 3 aromatic carbocycles. The number of phenolic OH excluding ortho intramolecular Hbond substituents is 1. The topological polar surface area (TPSA) is 317 Å². The number of hydrogen-bond donors (Lipinski definition) is 8. The van der Waals surface area contributed by atoms with Crippen LogP contribution in [0, 0.1) is 0 Å². The molecule has 24 heteroatoms. The number of nitrogens with zero attached hydrogens (tertiary/aromatic N) is 5. The SMILES string of the molecule is Nc1c(S(=O)(=O)O)cc2cc(S(=O)(=O)O)cc(O)c2c1/N=N/c1ccc(Nc2nc(Cl)nc(NCCSCCO)n2)cc1S(=O)(=O)O. The summed E-state index contributed by atoms with van der Waals surface area (Å²) in [6.07, 6.45) is 0. The Balaban J connectivity index is 1.76. The summed E-state index contributed by atoms with van der Waals surface area (Å²) in [4.78, 5) is 9.34. The number of nitrogen functional groups attached to an aromatic ring is 1. The van der Waals surface area contributed by atoms with E-state index in [1.807, 2.05) is 0 Å². The molecule has 47 heavy (non-hydrogen) atoms. The van der Waals surface area contributed by atoms with Crippen molar-refractivity contribution in [3.8, 4) is 5.75 Å². The Hall–Kier alpha value is -3.94. The van der Waals surface area contributed by atoms with Gasteiger partial charge in [-0.3, -0.25) is 13.7 Å². The van der Waals surface area contributed by atoms with Crippen LogP contribution in [0.25, 0.3) is 10.8 Å². The third kappa shape index (κ3) is 8.91. The standard InChI is InChI=1S/C23H23ClN8O11S4/c24-21-28-22(26-3-5-44-6-4-33)30-23(29-21)27-12-1-2-14(16(9-12)46(38,39)40)31-32-20-18-11(8-17(19(20)25)47(41,42)43)7-13(10-15(18)34)45(35,36)37/h1-2,7-10,33-34H,3-6,25H2,(H,35,36,37)(H,38,39,40)(H,41,42,43)(H2,26,27,28,29,30)/b32-31+. The van der Waals surface area contributed by atoms with E-state index in [4.69, 9.17) is 22.4 Å². The van der Waals surface area contributed by atoms with Gasteiger partial charge in [-0.05, 0) is 47.3 Å². The van der Waals surface area contributed by atoms with E-state index in [1.54, 1.807) is 0 Å². The molecule has 0 aliphatic rings. The average Bonchev–Trinajstić information content (AvgIpc) is 2.95. The number of rotatable bonds is 13. The van der Waals surface area contributed by atoms with Crippen molar-refractivity contribution in [2.75, 3.05) is 41.0 Å². The highest BCUT2D eigenvalue weighted by molar-refractivity contribution is 7.99. The number of anilines is 4. The zero-order valence-corrected chi connectivity index (χ0v) is 27.3. The first-order valence-corrected chi connectivity index (χ1v) is 18.4. The summed E-state index contributed by atoms with van der Waals surface area (Å²) < 4.78 is 101. The number of azo groups is 1. The van der Waals surface area contributed by atoms with Crippen LogP contribution in [0.3, 0.4) is 0 Å². The number of fused-ring (bicyclic) bond motifs is 1. The Morgan fingerprint density at radius 2 is 1.53 bits per heavy atom. The summed E-state index contributed by atoms with van der Waals surface area (Å²) >= 11 is 7.45. The van der Waals surface area contributed by atoms with Gasteiger partial charge in [-0.25, -0.2) is 0 Å². The van der Waals surface area contributed by atoms with Gasteiger partial charge in [-0.15, -0.1) is 10.2 Å². The molecule has 0 amide bonds. The normalized spacial score (nSPS) is 12.5. The van der Waals surface area contributed by atoms with Crippen LogP contribution in [-0.4, -0.2) is 88.7 Å². The van der Waals surface area contributed by atoms with Gasteiger partial charge in [0, 0.05) is 29.8 Å². The summed E-state index contributed by atoms with van der Waals surface area (Å²) in [6, 6.07) is 5.33. The molecule has 0 bridgehead atoms. The average molecular weight is 751 g/mol. The molecule has 4 aromatic rings. The minimum absolute atomic E-state index is 0.0111. The van der Waals surface area contributed by atoms with Gasteiger partial charge in [-0.1, -0.05) is 0 Å². The van der Waals surface area contributed by atoms with Crippen LogP contribution in [-0.2, 0) is 30.4 Å². The Morgan fingerprint density at radius 1 is 0.851 bits per heavy atom. The molecule has 0 atom stereocenters. The van der Waals surface area contributed by atoms with E-state index in [1.165, 1.54) is 17.8 Å². The molecule has 4 rings (SSSR count). The number of aliphatic hydroxyl groups is 1. The lowest BCUT2D eigenvalue weighted by atomic mass is 10.1. The lowest BCUT2D eigenvalue weighted by Gasteiger charge is -2.12. The number of halogens is 1. The van der Waals surface area contributed by atoms with E-state index < -0.39 is 67.9 Å². The number of thioether (sulfide) groups is 1. The molecule has 0 aliphatic heterocycles. The maximum Gasteiger partial charge on any atom is 0.296 e. The number of hydrogen-bond acceptors (Lipinski definition) is 17. The minimum Gasteiger partial charge on any atom is -0.507 e. The second-order valence-corrected chi connectivity index (χ2v) is 14.9. The first-order chi connectivity index (χ1) is 21.9. The summed E-state index contributed by atoms with van der Waals surface area (Å²) in [6.45, 7) is 0.446. The van der Waals surface area contributed by atoms with Crippen LogP contribution in [0.5, 0.6) is 5.75 Å². The van der Waals surface area contributed by atoms with Crippen molar-refractivity contribution in [1.29, 1.82) is 0 Å². The number of nitrogens with two attached hydrogens (primary N) is 1. The lowest BCUT2D eigenvalue weighted by molar-refractivity contribution is 0.322. The van der Waals surface area contributed by atoms with Gasteiger partial charge in [0.2, 0.25) is 17.2 Å². The Morgan fingerprint density at radius 3 is 2.17 bits per heavy atom. The van der Waals surface area contributed by atoms with Gasteiger partial charge < -0.3 is 26.6 Å². The quantitative estimate of drug-likeness (QED) is 0.0421. The molecular weight excluding hydrogens is 728 g/mol. The van der Waals surface area contributed by atoms with Crippen LogP contribution >= 0.6 is 23.4 Å². The fourth-order valence-corrected chi connectivity index (χ4v) is 6.51. The van der Waals surface area contributed by atoms with E-state index >= 15 is 0 Å². The second kappa shape index (κ2) is 14.0. The third-order valence-corrected chi connectivity index (χ3v) is 9.61. The Bertz CT molecular complexity index is 2220. The molecule has 9 N–H and O–H groups in total. The van der Waals surface area contributed by atoms with Crippen molar-refractivity contribution in [3.63, 3.8) is 0 Å². The number of aromatic nitrogens is 3. The van der Waals surface area contributed by atoms with Crippen molar-refractivity contribution in [3.05, 3.63) is 41.7 Å². The molecule has 0 unspecified atom stereocenters. The molecular formula is C23H23ClN8O11S4. The molecule has 0 fully saturated rings. The van der Waals surface area contributed by atoms with E-state index in [2.05, 4.69) is 35.8 Å². The van der Waals surface area contributed by atoms with Gasteiger partial charge in [0.05, 0.1) is 22.6 Å². The van der Waals surface area contributed by atoms with Crippen molar-refractivity contribution in [2.24, 2.45) is 10.2 Å². The second-order valence-electron chi connectivity index (χ2n) is 9.12. The van der Waals surface area contributed by atoms with Gasteiger partial charge in [0.25, 0.3) is 30.4 Å². The molecule has 252 valence electrons. The fourth-order valence-electron chi connectivity index (χ4n) is 3.93. The molecule has 0 saturated heterocycles. The summed E-state index contributed by atoms with van der Waals surface area (Å²) in [7, 11) is -15.0.